The van der Waals surface area contributed by atoms with Gasteiger partial charge in [-0.05, 0) is 68.9 Å². The molecule has 0 radical (unpaired) electrons. The highest BCUT2D eigenvalue weighted by atomic mass is 32.1. The number of aryl methyl sites for hydroxylation is 2. The molecule has 0 spiro atoms. The van der Waals surface area contributed by atoms with Gasteiger partial charge in [0.25, 0.3) is 0 Å². The molecule has 3 heteroatoms. The van der Waals surface area contributed by atoms with Crippen molar-refractivity contribution in [2.75, 3.05) is 20.3 Å². The van der Waals surface area contributed by atoms with Gasteiger partial charge >= 0.3 is 0 Å². The molecule has 0 saturated heterocycles. The van der Waals surface area contributed by atoms with Crippen LogP contribution >= 0.6 is 11.3 Å². The molecule has 0 aromatic carbocycles. The van der Waals surface area contributed by atoms with Crippen LogP contribution in [0.15, 0.2) is 6.07 Å². The van der Waals surface area contributed by atoms with Crippen LogP contribution in [0.3, 0.4) is 0 Å². The fourth-order valence-corrected chi connectivity index (χ4v) is 4.49. The molecular formula is C17H27NOS. The highest BCUT2D eigenvalue weighted by Gasteiger charge is 2.41. The van der Waals surface area contributed by atoms with E-state index in [9.17, 15) is 0 Å². The number of rotatable bonds is 7. The van der Waals surface area contributed by atoms with Gasteiger partial charge in [-0.3, -0.25) is 0 Å². The molecule has 112 valence electrons. The molecule has 3 rings (SSSR count). The molecule has 1 atom stereocenters. The Kier molecular flexibility index (Phi) is 4.49. The average molecular weight is 293 g/mol. The van der Waals surface area contributed by atoms with Crippen LogP contribution in [0, 0.1) is 5.41 Å². The number of fused-ring (bicyclic) bond motifs is 1. The zero-order valence-electron chi connectivity index (χ0n) is 12.8. The van der Waals surface area contributed by atoms with Gasteiger partial charge in [0.2, 0.25) is 0 Å². The van der Waals surface area contributed by atoms with E-state index in [1.54, 1.807) is 15.3 Å². The van der Waals surface area contributed by atoms with Crippen LogP contribution in [0.2, 0.25) is 0 Å². The zero-order valence-corrected chi connectivity index (χ0v) is 13.7. The second-order valence-corrected chi connectivity index (χ2v) is 7.82. The normalized spacial score (nSPS) is 21.5. The number of hydrogen-bond donors (Lipinski definition) is 1. The van der Waals surface area contributed by atoms with Crippen molar-refractivity contribution in [2.45, 2.75) is 57.9 Å². The van der Waals surface area contributed by atoms with Crippen LogP contribution < -0.4 is 5.32 Å². The van der Waals surface area contributed by atoms with Crippen LogP contribution in [0.5, 0.6) is 0 Å². The Morgan fingerprint density at radius 3 is 2.85 bits per heavy atom. The molecule has 0 amide bonds. The number of ether oxygens (including phenoxy) is 1. The average Bonchev–Trinajstić information content (AvgIpc) is 3.11. The summed E-state index contributed by atoms with van der Waals surface area (Å²) in [5.74, 6) is 0. The lowest BCUT2D eigenvalue weighted by Crippen LogP contribution is -2.27. The van der Waals surface area contributed by atoms with E-state index >= 15 is 0 Å². The molecule has 1 aromatic heterocycles. The lowest BCUT2D eigenvalue weighted by Gasteiger charge is -2.19. The maximum Gasteiger partial charge on any atom is 0.0468 e. The van der Waals surface area contributed by atoms with Crippen LogP contribution in [-0.4, -0.2) is 20.3 Å². The van der Waals surface area contributed by atoms with E-state index < -0.39 is 0 Å². The number of thiophene rings is 1. The number of methoxy groups -OCH3 is 1. The summed E-state index contributed by atoms with van der Waals surface area (Å²) >= 11 is 2.05. The van der Waals surface area contributed by atoms with Gasteiger partial charge in [-0.25, -0.2) is 0 Å². The Morgan fingerprint density at radius 1 is 1.35 bits per heavy atom. The van der Waals surface area contributed by atoms with Gasteiger partial charge in [-0.15, -0.1) is 11.3 Å². The molecule has 0 bridgehead atoms. The first kappa shape index (κ1) is 14.6. The Hall–Kier alpha value is -0.380. The SMILES string of the molecule is COCCC1(CNC(C)c2cc3c(s2)CCCC3)CC1. The maximum absolute atomic E-state index is 5.24. The summed E-state index contributed by atoms with van der Waals surface area (Å²) in [5.41, 5.74) is 2.17. The van der Waals surface area contributed by atoms with E-state index in [2.05, 4.69) is 18.3 Å². The molecule has 20 heavy (non-hydrogen) atoms. The summed E-state index contributed by atoms with van der Waals surface area (Å²) in [6, 6.07) is 2.97. The summed E-state index contributed by atoms with van der Waals surface area (Å²) in [6.45, 7) is 4.38. The van der Waals surface area contributed by atoms with E-state index in [1.165, 1.54) is 44.9 Å². The first-order chi connectivity index (χ1) is 9.72. The first-order valence-corrected chi connectivity index (χ1v) is 8.88. The molecule has 1 unspecified atom stereocenters. The molecular weight excluding hydrogens is 266 g/mol. The van der Waals surface area contributed by atoms with Crippen molar-refractivity contribution in [1.29, 1.82) is 0 Å². The summed E-state index contributed by atoms with van der Waals surface area (Å²) in [7, 11) is 1.81. The fraction of sp³-hybridized carbons (Fsp3) is 0.765. The lowest BCUT2D eigenvalue weighted by molar-refractivity contribution is 0.170. The zero-order chi connectivity index (χ0) is 14.0. The van der Waals surface area contributed by atoms with Crippen LogP contribution in [0.1, 0.15) is 60.4 Å². The van der Waals surface area contributed by atoms with Crippen LogP contribution in [-0.2, 0) is 17.6 Å². The maximum atomic E-state index is 5.24. The Labute approximate surface area is 126 Å². The smallest absolute Gasteiger partial charge is 0.0468 e. The van der Waals surface area contributed by atoms with E-state index in [4.69, 9.17) is 4.74 Å². The molecule has 1 fully saturated rings. The minimum absolute atomic E-state index is 0.505. The van der Waals surface area contributed by atoms with Gasteiger partial charge in [0.15, 0.2) is 0 Å². The van der Waals surface area contributed by atoms with Crippen molar-refractivity contribution < 1.29 is 4.74 Å². The van der Waals surface area contributed by atoms with Gasteiger partial charge < -0.3 is 10.1 Å². The van der Waals surface area contributed by atoms with Crippen molar-refractivity contribution >= 4 is 11.3 Å². The van der Waals surface area contributed by atoms with Crippen molar-refractivity contribution in [3.8, 4) is 0 Å². The van der Waals surface area contributed by atoms with Crippen molar-refractivity contribution in [3.05, 3.63) is 21.4 Å². The summed E-state index contributed by atoms with van der Waals surface area (Å²) in [4.78, 5) is 3.19. The largest absolute Gasteiger partial charge is 0.385 e. The van der Waals surface area contributed by atoms with Crippen LogP contribution in [0.25, 0.3) is 0 Å². The van der Waals surface area contributed by atoms with Gasteiger partial charge in [0, 0.05) is 36.1 Å². The summed E-state index contributed by atoms with van der Waals surface area (Å²) < 4.78 is 5.24. The third-order valence-corrected chi connectivity index (χ3v) is 6.44. The minimum atomic E-state index is 0.505. The molecule has 1 aromatic rings. The number of nitrogens with one attached hydrogen (secondary N) is 1. The van der Waals surface area contributed by atoms with E-state index in [0.29, 0.717) is 11.5 Å². The predicted molar refractivity (Wildman–Crippen MR) is 85.5 cm³/mol. The highest BCUT2D eigenvalue weighted by molar-refractivity contribution is 7.12. The number of hydrogen-bond acceptors (Lipinski definition) is 3. The Balaban J connectivity index is 1.54. The summed E-state index contributed by atoms with van der Waals surface area (Å²) in [5, 5.41) is 3.77. The topological polar surface area (TPSA) is 21.3 Å². The van der Waals surface area contributed by atoms with Crippen molar-refractivity contribution in [2.24, 2.45) is 5.41 Å². The predicted octanol–water partition coefficient (Wildman–Crippen LogP) is 4.09. The lowest BCUT2D eigenvalue weighted by atomic mass is 9.98. The minimum Gasteiger partial charge on any atom is -0.385 e. The standard InChI is InChI=1S/C17H27NOS/c1-13(18-12-17(7-8-17)9-10-19-2)16-11-14-5-3-4-6-15(14)20-16/h11,13,18H,3-10,12H2,1-2H3. The second-order valence-electron chi connectivity index (χ2n) is 6.65. The molecule has 1 N–H and O–H groups in total. The van der Waals surface area contributed by atoms with Gasteiger partial charge in [-0.2, -0.15) is 0 Å². The summed E-state index contributed by atoms with van der Waals surface area (Å²) in [6.07, 6.45) is 9.33. The molecule has 2 nitrogen and oxygen atoms in total. The van der Waals surface area contributed by atoms with Gasteiger partial charge in [-0.1, -0.05) is 0 Å². The first-order valence-electron chi connectivity index (χ1n) is 8.06. The highest BCUT2D eigenvalue weighted by Crippen LogP contribution is 2.48. The van der Waals surface area contributed by atoms with E-state index in [0.717, 1.165) is 13.2 Å². The molecule has 2 aliphatic rings. The van der Waals surface area contributed by atoms with Gasteiger partial charge in [0.05, 0.1) is 0 Å². The van der Waals surface area contributed by atoms with Crippen LogP contribution in [0.4, 0.5) is 0 Å². The Bertz CT molecular complexity index is 426. The third kappa shape index (κ3) is 3.26. The Morgan fingerprint density at radius 2 is 2.15 bits per heavy atom. The fourth-order valence-electron chi connectivity index (χ4n) is 3.21. The molecule has 2 aliphatic carbocycles. The third-order valence-electron chi connectivity index (χ3n) is 5.02. The van der Waals surface area contributed by atoms with Gasteiger partial charge in [0.1, 0.15) is 0 Å². The second kappa shape index (κ2) is 6.17. The van der Waals surface area contributed by atoms with Crippen molar-refractivity contribution in [3.63, 3.8) is 0 Å². The molecule has 0 aliphatic heterocycles. The quantitative estimate of drug-likeness (QED) is 0.817. The monoisotopic (exact) mass is 293 g/mol. The van der Waals surface area contributed by atoms with Crippen molar-refractivity contribution in [1.82, 2.24) is 5.32 Å². The molecule has 1 heterocycles. The van der Waals surface area contributed by atoms with E-state index in [-0.39, 0.29) is 0 Å². The molecule has 1 saturated carbocycles. The van der Waals surface area contributed by atoms with E-state index in [1.807, 2.05) is 18.4 Å².